The van der Waals surface area contributed by atoms with Gasteiger partial charge in [-0.05, 0) is 36.6 Å². The zero-order valence-electron chi connectivity index (χ0n) is 10.9. The van der Waals surface area contributed by atoms with E-state index in [0.717, 1.165) is 42.9 Å². The Morgan fingerprint density at radius 2 is 2.26 bits per heavy atom. The average molecular weight is 260 g/mol. The maximum Gasteiger partial charge on any atom is 0.257 e. The van der Waals surface area contributed by atoms with Crippen molar-refractivity contribution in [3.63, 3.8) is 0 Å². The Bertz CT molecular complexity index is 630. The van der Waals surface area contributed by atoms with Gasteiger partial charge >= 0.3 is 0 Å². The van der Waals surface area contributed by atoms with Crippen molar-refractivity contribution < 1.29 is 0 Å². The van der Waals surface area contributed by atoms with Gasteiger partial charge in [0.1, 0.15) is 12.2 Å². The largest absolute Gasteiger partial charge is 0.296 e. The summed E-state index contributed by atoms with van der Waals surface area (Å²) in [6, 6.07) is 0. The molecule has 0 aromatic carbocycles. The van der Waals surface area contributed by atoms with Gasteiger partial charge in [0.05, 0.1) is 0 Å². The summed E-state index contributed by atoms with van der Waals surface area (Å²) in [5, 5.41) is 11.0. The van der Waals surface area contributed by atoms with E-state index in [1.165, 1.54) is 0 Å². The lowest BCUT2D eigenvalue weighted by atomic mass is 10.1. The number of aromatic nitrogens is 6. The molecule has 0 fully saturated rings. The topological polar surface area (TPSA) is 78.5 Å². The van der Waals surface area contributed by atoms with Crippen LogP contribution in [0.25, 0.3) is 0 Å². The predicted molar refractivity (Wildman–Crippen MR) is 67.7 cm³/mol. The molecule has 100 valence electrons. The highest BCUT2D eigenvalue weighted by Crippen LogP contribution is 2.12. The molecule has 0 atom stereocenters. The van der Waals surface area contributed by atoms with Crippen LogP contribution in [0.5, 0.6) is 0 Å². The minimum Gasteiger partial charge on any atom is -0.296 e. The van der Waals surface area contributed by atoms with Gasteiger partial charge in [0.15, 0.2) is 0 Å². The van der Waals surface area contributed by atoms with E-state index in [0.29, 0.717) is 13.0 Å². The summed E-state index contributed by atoms with van der Waals surface area (Å²) in [4.78, 5) is 17.0. The quantitative estimate of drug-likeness (QED) is 0.783. The molecule has 0 saturated carbocycles. The van der Waals surface area contributed by atoms with E-state index in [1.807, 2.05) is 11.5 Å². The van der Waals surface area contributed by atoms with Gasteiger partial charge in [0, 0.05) is 30.8 Å². The molecule has 2 aromatic rings. The fourth-order valence-corrected chi connectivity index (χ4v) is 2.53. The van der Waals surface area contributed by atoms with Crippen LogP contribution >= 0.6 is 0 Å². The van der Waals surface area contributed by atoms with Crippen molar-refractivity contribution >= 4 is 0 Å². The van der Waals surface area contributed by atoms with Gasteiger partial charge in [0.2, 0.25) is 0 Å². The average Bonchev–Trinajstić information content (AvgIpc) is 2.92. The van der Waals surface area contributed by atoms with Gasteiger partial charge < -0.3 is 0 Å². The Balaban J connectivity index is 1.90. The lowest BCUT2D eigenvalue weighted by Crippen LogP contribution is -2.32. The Hall–Kier alpha value is -2.05. The van der Waals surface area contributed by atoms with Crippen LogP contribution < -0.4 is 5.56 Å². The molecule has 0 spiro atoms. The van der Waals surface area contributed by atoms with Crippen LogP contribution in [0.4, 0.5) is 0 Å². The van der Waals surface area contributed by atoms with Crippen LogP contribution in [0.15, 0.2) is 11.1 Å². The summed E-state index contributed by atoms with van der Waals surface area (Å²) in [6.07, 6.45) is 5.26. The van der Waals surface area contributed by atoms with Crippen molar-refractivity contribution in [2.24, 2.45) is 0 Å². The van der Waals surface area contributed by atoms with Crippen LogP contribution in [0, 0.1) is 6.92 Å². The van der Waals surface area contributed by atoms with Gasteiger partial charge in [-0.2, -0.15) is 0 Å². The van der Waals surface area contributed by atoms with Crippen LogP contribution in [0.3, 0.4) is 0 Å². The smallest absolute Gasteiger partial charge is 0.257 e. The molecular weight excluding hydrogens is 244 g/mol. The first-order chi connectivity index (χ1) is 9.25. The van der Waals surface area contributed by atoms with Crippen LogP contribution in [0.2, 0.25) is 0 Å². The second-order valence-corrected chi connectivity index (χ2v) is 4.83. The Morgan fingerprint density at radius 1 is 1.37 bits per heavy atom. The lowest BCUT2D eigenvalue weighted by Gasteiger charge is -2.19. The molecule has 0 radical (unpaired) electrons. The molecule has 0 aliphatic carbocycles. The normalized spacial score (nSPS) is 14.4. The molecule has 0 bridgehead atoms. The third kappa shape index (κ3) is 2.27. The number of hydrogen-bond acceptors (Lipinski definition) is 5. The molecule has 3 heterocycles. The van der Waals surface area contributed by atoms with Gasteiger partial charge in [-0.25, -0.2) is 9.67 Å². The van der Waals surface area contributed by atoms with Crippen molar-refractivity contribution in [1.29, 1.82) is 0 Å². The minimum absolute atomic E-state index is 0.107. The second kappa shape index (κ2) is 4.91. The number of aryl methyl sites for hydroxylation is 3. The predicted octanol–water partition coefficient (Wildman–Crippen LogP) is 0.117. The number of fused-ring (bicyclic) bond motifs is 1. The molecule has 2 aromatic heterocycles. The van der Waals surface area contributed by atoms with Gasteiger partial charge in [-0.3, -0.25) is 9.36 Å². The van der Waals surface area contributed by atoms with Crippen molar-refractivity contribution in [2.45, 2.75) is 45.7 Å². The molecule has 0 saturated heterocycles. The van der Waals surface area contributed by atoms with Gasteiger partial charge in [0.25, 0.3) is 5.56 Å². The van der Waals surface area contributed by atoms with E-state index < -0.39 is 0 Å². The Morgan fingerprint density at radius 3 is 3.05 bits per heavy atom. The molecule has 1 aliphatic heterocycles. The van der Waals surface area contributed by atoms with Gasteiger partial charge in [-0.1, -0.05) is 0 Å². The first kappa shape index (κ1) is 12.0. The zero-order chi connectivity index (χ0) is 13.2. The maximum absolute atomic E-state index is 12.5. The van der Waals surface area contributed by atoms with E-state index in [1.54, 1.807) is 11.0 Å². The monoisotopic (exact) mass is 260 g/mol. The van der Waals surface area contributed by atoms with E-state index in [-0.39, 0.29) is 5.56 Å². The summed E-state index contributed by atoms with van der Waals surface area (Å²) >= 11 is 0. The highest BCUT2D eigenvalue weighted by atomic mass is 16.1. The van der Waals surface area contributed by atoms with E-state index in [9.17, 15) is 4.79 Å². The Kier molecular flexibility index (Phi) is 3.10. The van der Waals surface area contributed by atoms with Crippen molar-refractivity contribution in [2.75, 3.05) is 0 Å². The number of rotatable bonds is 3. The first-order valence-corrected chi connectivity index (χ1v) is 6.55. The highest BCUT2D eigenvalue weighted by molar-refractivity contribution is 5.18. The van der Waals surface area contributed by atoms with Crippen molar-refractivity contribution in [3.8, 4) is 0 Å². The molecule has 7 heteroatoms. The number of tetrazole rings is 1. The van der Waals surface area contributed by atoms with Crippen LogP contribution in [-0.4, -0.2) is 29.8 Å². The standard InChI is InChI=1S/C12H16N6O/c1-9-10(5-7-17-8-13-15-16-17)12(19)18-6-3-2-4-11(18)14-9/h8H,2-7H2,1H3. The van der Waals surface area contributed by atoms with E-state index >= 15 is 0 Å². The molecule has 1 aliphatic rings. The molecule has 0 unspecified atom stereocenters. The molecule has 0 N–H and O–H groups in total. The SMILES string of the molecule is Cc1nc2n(c(=O)c1CCn1cnnn1)CCCC2. The molecule has 19 heavy (non-hydrogen) atoms. The van der Waals surface area contributed by atoms with Crippen LogP contribution in [-0.2, 0) is 25.9 Å². The first-order valence-electron chi connectivity index (χ1n) is 6.55. The zero-order valence-corrected chi connectivity index (χ0v) is 10.9. The number of hydrogen-bond donors (Lipinski definition) is 0. The van der Waals surface area contributed by atoms with E-state index in [4.69, 9.17) is 0 Å². The highest BCUT2D eigenvalue weighted by Gasteiger charge is 2.16. The van der Waals surface area contributed by atoms with Crippen LogP contribution in [0.1, 0.15) is 29.9 Å². The molecule has 7 nitrogen and oxygen atoms in total. The summed E-state index contributed by atoms with van der Waals surface area (Å²) in [5.74, 6) is 0.930. The van der Waals surface area contributed by atoms with Crippen molar-refractivity contribution in [1.82, 2.24) is 29.8 Å². The molecule has 0 amide bonds. The summed E-state index contributed by atoms with van der Waals surface area (Å²) in [6.45, 7) is 3.30. The molecule has 3 rings (SSSR count). The fraction of sp³-hybridized carbons (Fsp3) is 0.583. The maximum atomic E-state index is 12.5. The summed E-state index contributed by atoms with van der Waals surface area (Å²) in [7, 11) is 0. The minimum atomic E-state index is 0.107. The molecular formula is C12H16N6O. The van der Waals surface area contributed by atoms with Crippen molar-refractivity contribution in [3.05, 3.63) is 33.8 Å². The second-order valence-electron chi connectivity index (χ2n) is 4.83. The van der Waals surface area contributed by atoms with Gasteiger partial charge in [-0.15, -0.1) is 5.10 Å². The van der Waals surface area contributed by atoms with E-state index in [2.05, 4.69) is 20.5 Å². The third-order valence-corrected chi connectivity index (χ3v) is 3.56. The third-order valence-electron chi connectivity index (χ3n) is 3.56. The summed E-state index contributed by atoms with van der Waals surface area (Å²) < 4.78 is 3.45. The fourth-order valence-electron chi connectivity index (χ4n) is 2.53. The summed E-state index contributed by atoms with van der Waals surface area (Å²) in [5.41, 5.74) is 1.72. The Labute approximate surface area is 110 Å². The number of nitrogens with zero attached hydrogens (tertiary/aromatic N) is 6. The lowest BCUT2D eigenvalue weighted by molar-refractivity contribution is 0.485.